The predicted molar refractivity (Wildman–Crippen MR) is 89.7 cm³/mol. The van der Waals surface area contributed by atoms with Crippen molar-refractivity contribution in [3.63, 3.8) is 0 Å². The number of rotatable bonds is 3. The summed E-state index contributed by atoms with van der Waals surface area (Å²) in [7, 11) is 0. The number of halogens is 2. The number of carbonyl (C=O) groups is 1. The highest BCUT2D eigenvalue weighted by Gasteiger charge is 2.34. The quantitative estimate of drug-likeness (QED) is 0.838. The molecule has 0 bridgehead atoms. The predicted octanol–water partition coefficient (Wildman–Crippen LogP) is 1.87. The molecule has 1 aromatic carbocycles. The van der Waals surface area contributed by atoms with Crippen LogP contribution in [0.1, 0.15) is 43.1 Å². The Kier molecular flexibility index (Phi) is 4.34. The summed E-state index contributed by atoms with van der Waals surface area (Å²) in [5, 5.41) is 4.30. The van der Waals surface area contributed by atoms with E-state index in [0.29, 0.717) is 18.7 Å². The molecule has 0 aliphatic carbocycles. The van der Waals surface area contributed by atoms with E-state index in [1.165, 1.54) is 15.3 Å². The molecule has 3 heterocycles. The summed E-state index contributed by atoms with van der Waals surface area (Å²) in [6, 6.07) is 2.72. The topological polar surface area (TPSA) is 60.1 Å². The Morgan fingerprint density at radius 2 is 1.96 bits per heavy atom. The molecule has 1 unspecified atom stereocenters. The highest BCUT2D eigenvalue weighted by molar-refractivity contribution is 5.80. The lowest BCUT2D eigenvalue weighted by molar-refractivity contribution is -0.134. The van der Waals surface area contributed by atoms with Crippen LogP contribution in [0.5, 0.6) is 0 Å². The second-order valence-corrected chi connectivity index (χ2v) is 6.90. The lowest BCUT2D eigenvalue weighted by atomic mass is 10.0. The Morgan fingerprint density at radius 1 is 1.19 bits per heavy atom. The Labute approximate surface area is 149 Å². The first-order valence-corrected chi connectivity index (χ1v) is 8.95. The molecule has 138 valence electrons. The van der Waals surface area contributed by atoms with Gasteiger partial charge in [-0.15, -0.1) is 0 Å². The van der Waals surface area contributed by atoms with Gasteiger partial charge in [0.2, 0.25) is 5.91 Å². The number of hydrogen-bond acceptors (Lipinski definition) is 3. The molecule has 2 aliphatic heterocycles. The van der Waals surface area contributed by atoms with Gasteiger partial charge in [-0.25, -0.2) is 18.3 Å². The molecule has 8 heteroatoms. The summed E-state index contributed by atoms with van der Waals surface area (Å²) in [6.45, 7) is 1.37. The van der Waals surface area contributed by atoms with Crippen LogP contribution in [0.4, 0.5) is 8.78 Å². The molecule has 1 aromatic heterocycles. The number of amides is 1. The maximum Gasteiger partial charge on any atom is 0.346 e. The minimum Gasteiger partial charge on any atom is -0.341 e. The molecule has 6 nitrogen and oxygen atoms in total. The fourth-order valence-electron chi connectivity index (χ4n) is 3.83. The molecule has 0 spiro atoms. The molecule has 0 N–H and O–H groups in total. The molecule has 1 atom stereocenters. The second-order valence-electron chi connectivity index (χ2n) is 6.90. The van der Waals surface area contributed by atoms with Gasteiger partial charge >= 0.3 is 5.69 Å². The fourth-order valence-corrected chi connectivity index (χ4v) is 3.83. The minimum atomic E-state index is -0.715. The fraction of sp³-hybridized carbons (Fsp3) is 0.500. The van der Waals surface area contributed by atoms with Crippen molar-refractivity contribution < 1.29 is 13.6 Å². The van der Waals surface area contributed by atoms with E-state index in [1.807, 2.05) is 4.90 Å². The van der Waals surface area contributed by atoms with E-state index in [4.69, 9.17) is 0 Å². The van der Waals surface area contributed by atoms with Crippen LogP contribution in [0.2, 0.25) is 0 Å². The van der Waals surface area contributed by atoms with E-state index in [1.54, 1.807) is 0 Å². The average Bonchev–Trinajstić information content (AvgIpc) is 3.26. The number of carbonyl (C=O) groups excluding carboxylic acids is 1. The third-order valence-corrected chi connectivity index (χ3v) is 5.17. The zero-order valence-electron chi connectivity index (χ0n) is 14.3. The summed E-state index contributed by atoms with van der Waals surface area (Å²) in [5.41, 5.74) is -0.229. The monoisotopic (exact) mass is 362 g/mol. The van der Waals surface area contributed by atoms with E-state index in [-0.39, 0.29) is 18.0 Å². The van der Waals surface area contributed by atoms with Crippen LogP contribution >= 0.6 is 0 Å². The highest BCUT2D eigenvalue weighted by Crippen LogP contribution is 2.25. The third-order valence-electron chi connectivity index (χ3n) is 5.17. The van der Waals surface area contributed by atoms with Gasteiger partial charge in [0.05, 0.1) is 6.54 Å². The van der Waals surface area contributed by atoms with E-state index in [0.717, 1.165) is 44.5 Å². The Morgan fingerprint density at radius 3 is 2.69 bits per heavy atom. The van der Waals surface area contributed by atoms with Gasteiger partial charge in [0.25, 0.3) is 0 Å². The largest absolute Gasteiger partial charge is 0.346 e. The van der Waals surface area contributed by atoms with E-state index in [9.17, 15) is 18.4 Å². The van der Waals surface area contributed by atoms with Crippen LogP contribution in [0.25, 0.3) is 0 Å². The van der Waals surface area contributed by atoms with Crippen molar-refractivity contribution in [3.05, 3.63) is 51.7 Å². The van der Waals surface area contributed by atoms with E-state index >= 15 is 0 Å². The smallest absolute Gasteiger partial charge is 0.341 e. The van der Waals surface area contributed by atoms with Crippen molar-refractivity contribution in [2.24, 2.45) is 0 Å². The van der Waals surface area contributed by atoms with Crippen LogP contribution in [0.3, 0.4) is 0 Å². The van der Waals surface area contributed by atoms with Crippen molar-refractivity contribution in [1.82, 2.24) is 19.2 Å². The molecule has 2 aliphatic rings. The molecule has 0 radical (unpaired) electrons. The van der Waals surface area contributed by atoms with Crippen LogP contribution in [0.15, 0.2) is 23.0 Å². The van der Waals surface area contributed by atoms with Crippen LogP contribution in [-0.4, -0.2) is 38.2 Å². The number of aryl methyl sites for hydroxylation is 1. The van der Waals surface area contributed by atoms with Gasteiger partial charge in [-0.1, -0.05) is 6.07 Å². The molecule has 26 heavy (non-hydrogen) atoms. The molecular formula is C18H20F2N4O2. The van der Waals surface area contributed by atoms with Gasteiger partial charge in [0, 0.05) is 31.1 Å². The number of nitrogens with zero attached hydrogens (tertiary/aromatic N) is 4. The summed E-state index contributed by atoms with van der Waals surface area (Å²) in [4.78, 5) is 27.4. The van der Waals surface area contributed by atoms with Crippen molar-refractivity contribution in [2.75, 3.05) is 13.1 Å². The molecular weight excluding hydrogens is 342 g/mol. The first-order valence-electron chi connectivity index (χ1n) is 8.95. The number of hydrogen-bond donors (Lipinski definition) is 0. The number of benzene rings is 1. The Hall–Kier alpha value is -2.51. The van der Waals surface area contributed by atoms with Crippen molar-refractivity contribution >= 4 is 5.91 Å². The maximum absolute atomic E-state index is 13.9. The number of fused-ring (bicyclic) bond motifs is 1. The van der Waals surface area contributed by atoms with E-state index < -0.39 is 23.4 Å². The summed E-state index contributed by atoms with van der Waals surface area (Å²) in [5.74, 6) is -0.856. The van der Waals surface area contributed by atoms with Crippen LogP contribution in [-0.2, 0) is 17.8 Å². The maximum atomic E-state index is 13.9. The first kappa shape index (κ1) is 16.9. The Bertz CT molecular complexity index is 899. The molecule has 0 saturated carbocycles. The standard InChI is InChI=1S/C18H20F2N4O2/c19-13-7-6-12(14(20)10-13)11-23-18(26)24-15(4-3-5-16(24)21-23)17(25)22-8-1-2-9-22/h6-7,10,15H,1-5,8-9,11H2. The Balaban J connectivity index is 1.65. The molecule has 4 rings (SSSR count). The zero-order valence-corrected chi connectivity index (χ0v) is 14.3. The van der Waals surface area contributed by atoms with Gasteiger partial charge < -0.3 is 4.90 Å². The SMILES string of the molecule is O=C(C1CCCc2nn(Cc3ccc(F)cc3F)c(=O)n21)N1CCCC1. The third kappa shape index (κ3) is 2.93. The van der Waals surface area contributed by atoms with Crippen LogP contribution < -0.4 is 5.69 Å². The van der Waals surface area contributed by atoms with Crippen LogP contribution in [0, 0.1) is 11.6 Å². The van der Waals surface area contributed by atoms with Gasteiger partial charge in [0.1, 0.15) is 23.5 Å². The lowest BCUT2D eigenvalue weighted by Gasteiger charge is -2.27. The average molecular weight is 362 g/mol. The number of aromatic nitrogens is 3. The summed E-state index contributed by atoms with van der Waals surface area (Å²) < 4.78 is 29.6. The minimum absolute atomic E-state index is 0.0296. The normalized spacial score (nSPS) is 19.6. The molecule has 1 saturated heterocycles. The first-order chi connectivity index (χ1) is 12.5. The molecule has 1 fully saturated rings. The van der Waals surface area contributed by atoms with Crippen molar-refractivity contribution in [3.8, 4) is 0 Å². The highest BCUT2D eigenvalue weighted by atomic mass is 19.1. The zero-order chi connectivity index (χ0) is 18.3. The summed E-state index contributed by atoms with van der Waals surface area (Å²) in [6.07, 6.45) is 3.98. The lowest BCUT2D eigenvalue weighted by Crippen LogP contribution is -2.41. The summed E-state index contributed by atoms with van der Waals surface area (Å²) >= 11 is 0. The molecule has 2 aromatic rings. The van der Waals surface area contributed by atoms with E-state index in [2.05, 4.69) is 5.10 Å². The number of likely N-dealkylation sites (tertiary alicyclic amines) is 1. The molecule has 1 amide bonds. The van der Waals surface area contributed by atoms with Gasteiger partial charge in [-0.05, 0) is 31.7 Å². The van der Waals surface area contributed by atoms with Crippen molar-refractivity contribution in [1.29, 1.82) is 0 Å². The van der Waals surface area contributed by atoms with Gasteiger partial charge in [-0.3, -0.25) is 9.36 Å². The van der Waals surface area contributed by atoms with Gasteiger partial charge in [0.15, 0.2) is 0 Å². The second kappa shape index (κ2) is 6.66. The van der Waals surface area contributed by atoms with Gasteiger partial charge in [-0.2, -0.15) is 5.10 Å². The van der Waals surface area contributed by atoms with Crippen molar-refractivity contribution in [2.45, 2.75) is 44.7 Å².